The van der Waals surface area contributed by atoms with Crippen LogP contribution in [0.5, 0.6) is 0 Å². The minimum atomic E-state index is 0.0571. The minimum absolute atomic E-state index is 0.0571. The number of nitrogens with one attached hydrogen (secondary N) is 1. The van der Waals surface area contributed by atoms with Crippen LogP contribution >= 0.6 is 0 Å². The fourth-order valence-corrected chi connectivity index (χ4v) is 4.18. The van der Waals surface area contributed by atoms with Crippen molar-refractivity contribution in [1.82, 2.24) is 14.8 Å². The van der Waals surface area contributed by atoms with Gasteiger partial charge in [-0.05, 0) is 69.0 Å². The number of carbonyl (C=O) groups is 1. The van der Waals surface area contributed by atoms with Gasteiger partial charge in [0.2, 0.25) is 0 Å². The van der Waals surface area contributed by atoms with Crippen molar-refractivity contribution in [1.29, 1.82) is 0 Å². The SMILES string of the molecule is Cn1c2c(c3cc(C(=O)NCCN4CCCC4)ccc31)CCC2. The number of carbonyl (C=O) groups excluding carboxylic acids is 1. The molecule has 1 fully saturated rings. The lowest BCUT2D eigenvalue weighted by molar-refractivity contribution is 0.0950. The Labute approximate surface area is 137 Å². The van der Waals surface area contributed by atoms with Gasteiger partial charge in [-0.1, -0.05) is 0 Å². The molecule has 1 aromatic carbocycles. The number of hydrogen-bond donors (Lipinski definition) is 1. The van der Waals surface area contributed by atoms with Crippen LogP contribution < -0.4 is 5.32 Å². The first-order valence-electron chi connectivity index (χ1n) is 8.85. The van der Waals surface area contributed by atoms with Crippen molar-refractivity contribution in [2.45, 2.75) is 32.1 Å². The molecule has 1 N–H and O–H groups in total. The summed E-state index contributed by atoms with van der Waals surface area (Å²) in [6.07, 6.45) is 6.14. The van der Waals surface area contributed by atoms with Crippen molar-refractivity contribution in [3.63, 3.8) is 0 Å². The summed E-state index contributed by atoms with van der Waals surface area (Å²) in [6.45, 7) is 4.06. The number of aromatic nitrogens is 1. The first-order valence-corrected chi connectivity index (χ1v) is 8.85. The van der Waals surface area contributed by atoms with E-state index < -0.39 is 0 Å². The van der Waals surface area contributed by atoms with Crippen molar-refractivity contribution in [2.24, 2.45) is 7.05 Å². The highest BCUT2D eigenvalue weighted by atomic mass is 16.1. The third-order valence-corrected chi connectivity index (χ3v) is 5.45. The lowest BCUT2D eigenvalue weighted by Crippen LogP contribution is -2.33. The normalized spacial score (nSPS) is 17.8. The molecule has 0 radical (unpaired) electrons. The van der Waals surface area contributed by atoms with Crippen molar-refractivity contribution in [3.8, 4) is 0 Å². The molecule has 4 rings (SSSR count). The molecule has 2 heterocycles. The predicted molar refractivity (Wildman–Crippen MR) is 93.0 cm³/mol. The van der Waals surface area contributed by atoms with Crippen LogP contribution in [0.1, 0.15) is 40.9 Å². The molecule has 4 nitrogen and oxygen atoms in total. The number of fused-ring (bicyclic) bond motifs is 3. The molecule has 1 aliphatic carbocycles. The maximum Gasteiger partial charge on any atom is 0.251 e. The van der Waals surface area contributed by atoms with Gasteiger partial charge in [0.15, 0.2) is 0 Å². The second-order valence-corrected chi connectivity index (χ2v) is 6.87. The zero-order valence-electron chi connectivity index (χ0n) is 13.9. The number of likely N-dealkylation sites (tertiary alicyclic amines) is 1. The largest absolute Gasteiger partial charge is 0.351 e. The standard InChI is InChI=1S/C19H25N3O/c1-21-17-6-4-5-15(17)16-13-14(7-8-18(16)21)19(23)20-9-12-22-10-2-3-11-22/h7-8,13H,2-6,9-12H2,1H3,(H,20,23). The summed E-state index contributed by atoms with van der Waals surface area (Å²) in [4.78, 5) is 14.9. The summed E-state index contributed by atoms with van der Waals surface area (Å²) in [5, 5.41) is 4.35. The molecule has 2 aliphatic rings. The maximum atomic E-state index is 12.4. The maximum absolute atomic E-state index is 12.4. The van der Waals surface area contributed by atoms with Gasteiger partial charge in [-0.15, -0.1) is 0 Å². The molecule has 0 unspecified atom stereocenters. The Morgan fingerprint density at radius 1 is 1.17 bits per heavy atom. The summed E-state index contributed by atoms with van der Waals surface area (Å²) in [7, 11) is 2.14. The van der Waals surface area contributed by atoms with E-state index in [-0.39, 0.29) is 5.91 Å². The third-order valence-electron chi connectivity index (χ3n) is 5.45. The highest BCUT2D eigenvalue weighted by molar-refractivity contribution is 5.99. The molecule has 1 aromatic heterocycles. The quantitative estimate of drug-likeness (QED) is 0.942. The first-order chi connectivity index (χ1) is 11.2. The fourth-order valence-electron chi connectivity index (χ4n) is 4.18. The lowest BCUT2D eigenvalue weighted by Gasteiger charge is -2.14. The van der Waals surface area contributed by atoms with E-state index in [1.54, 1.807) is 0 Å². The molecule has 1 saturated heterocycles. The molecule has 1 amide bonds. The van der Waals surface area contributed by atoms with Crippen molar-refractivity contribution < 1.29 is 4.79 Å². The summed E-state index contributed by atoms with van der Waals surface area (Å²) in [5.41, 5.74) is 4.95. The molecule has 122 valence electrons. The Morgan fingerprint density at radius 3 is 2.83 bits per heavy atom. The number of benzene rings is 1. The fraction of sp³-hybridized carbons (Fsp3) is 0.526. The van der Waals surface area contributed by atoms with Crippen LogP contribution in [0.3, 0.4) is 0 Å². The third kappa shape index (κ3) is 2.65. The van der Waals surface area contributed by atoms with Crippen LogP contribution in [0.2, 0.25) is 0 Å². The van der Waals surface area contributed by atoms with Gasteiger partial charge in [0.25, 0.3) is 5.91 Å². The van der Waals surface area contributed by atoms with E-state index in [2.05, 4.69) is 34.0 Å². The smallest absolute Gasteiger partial charge is 0.251 e. The van der Waals surface area contributed by atoms with Crippen LogP contribution in [0.4, 0.5) is 0 Å². The molecule has 0 spiro atoms. The van der Waals surface area contributed by atoms with Crippen LogP contribution in [-0.4, -0.2) is 41.6 Å². The summed E-state index contributed by atoms with van der Waals surface area (Å²) < 4.78 is 2.30. The first kappa shape index (κ1) is 14.8. The molecule has 0 saturated carbocycles. The minimum Gasteiger partial charge on any atom is -0.351 e. The van der Waals surface area contributed by atoms with E-state index in [1.165, 1.54) is 54.5 Å². The second kappa shape index (κ2) is 6.00. The summed E-state index contributed by atoms with van der Waals surface area (Å²) in [5.74, 6) is 0.0571. The molecule has 0 bridgehead atoms. The van der Waals surface area contributed by atoms with E-state index in [4.69, 9.17) is 0 Å². The average Bonchev–Trinajstić information content (AvgIpc) is 3.28. The molecule has 4 heteroatoms. The lowest BCUT2D eigenvalue weighted by atomic mass is 10.1. The molecule has 1 aliphatic heterocycles. The van der Waals surface area contributed by atoms with Gasteiger partial charge in [-0.25, -0.2) is 0 Å². The molecular weight excluding hydrogens is 286 g/mol. The van der Waals surface area contributed by atoms with Gasteiger partial charge in [0.1, 0.15) is 0 Å². The van der Waals surface area contributed by atoms with E-state index in [0.717, 1.165) is 31.5 Å². The van der Waals surface area contributed by atoms with Gasteiger partial charge >= 0.3 is 0 Å². The zero-order chi connectivity index (χ0) is 15.8. The van der Waals surface area contributed by atoms with E-state index in [0.29, 0.717) is 0 Å². The topological polar surface area (TPSA) is 37.3 Å². The summed E-state index contributed by atoms with van der Waals surface area (Å²) >= 11 is 0. The number of rotatable bonds is 4. The Hall–Kier alpha value is -1.81. The van der Waals surface area contributed by atoms with Gasteiger partial charge in [0.05, 0.1) is 0 Å². The van der Waals surface area contributed by atoms with E-state index in [1.807, 2.05) is 6.07 Å². The van der Waals surface area contributed by atoms with E-state index >= 15 is 0 Å². The van der Waals surface area contributed by atoms with Crippen LogP contribution in [0.25, 0.3) is 10.9 Å². The van der Waals surface area contributed by atoms with Crippen molar-refractivity contribution in [3.05, 3.63) is 35.0 Å². The van der Waals surface area contributed by atoms with Gasteiger partial charge in [-0.2, -0.15) is 0 Å². The monoisotopic (exact) mass is 311 g/mol. The number of nitrogens with zero attached hydrogens (tertiary/aromatic N) is 2. The van der Waals surface area contributed by atoms with E-state index in [9.17, 15) is 4.79 Å². The Bertz CT molecular complexity index is 741. The van der Waals surface area contributed by atoms with Crippen LogP contribution in [0, 0.1) is 0 Å². The highest BCUT2D eigenvalue weighted by Gasteiger charge is 2.20. The number of hydrogen-bond acceptors (Lipinski definition) is 2. The molecule has 2 aromatic rings. The van der Waals surface area contributed by atoms with Crippen molar-refractivity contribution in [2.75, 3.05) is 26.2 Å². The Kier molecular flexibility index (Phi) is 3.85. The summed E-state index contributed by atoms with van der Waals surface area (Å²) in [6, 6.07) is 6.15. The highest BCUT2D eigenvalue weighted by Crippen LogP contribution is 2.32. The average molecular weight is 311 g/mol. The number of amides is 1. The number of aryl methyl sites for hydroxylation is 2. The predicted octanol–water partition coefficient (Wildman–Crippen LogP) is 2.49. The van der Waals surface area contributed by atoms with Crippen molar-refractivity contribution >= 4 is 16.8 Å². The van der Waals surface area contributed by atoms with Gasteiger partial charge in [-0.3, -0.25) is 4.79 Å². The molecule has 0 atom stereocenters. The van der Waals surface area contributed by atoms with Gasteiger partial charge < -0.3 is 14.8 Å². The second-order valence-electron chi connectivity index (χ2n) is 6.87. The van der Waals surface area contributed by atoms with Crippen LogP contribution in [-0.2, 0) is 19.9 Å². The van der Waals surface area contributed by atoms with Crippen LogP contribution in [0.15, 0.2) is 18.2 Å². The zero-order valence-corrected chi connectivity index (χ0v) is 13.9. The molecule has 23 heavy (non-hydrogen) atoms. The Balaban J connectivity index is 1.49. The van der Waals surface area contributed by atoms with Gasteiger partial charge in [0, 0.05) is 42.3 Å². The Morgan fingerprint density at radius 2 is 2.00 bits per heavy atom. The molecular formula is C19H25N3O.